The van der Waals surface area contributed by atoms with Gasteiger partial charge in [0.2, 0.25) is 11.8 Å². The van der Waals surface area contributed by atoms with Crippen LogP contribution in [-0.2, 0) is 27.5 Å². The van der Waals surface area contributed by atoms with E-state index in [1.165, 1.54) is 46.3 Å². The van der Waals surface area contributed by atoms with Gasteiger partial charge in [0.25, 0.3) is 17.7 Å². The second kappa shape index (κ2) is 19.6. The predicted octanol–water partition coefficient (Wildman–Crippen LogP) is 6.67. The SMILES string of the molecule is C=C(CN(C(=O)NCc1ccc2c(c1)CN(C1CCC(=O)NC1=O)C2=O)c1cccc(Cl)c1)C(=O)N(C)CCOc1c(N)ncnc1-c1cc(F)cc(NC(=O)c2ccc(C3CC3)cc2F)c1C. The van der Waals surface area contributed by atoms with Crippen LogP contribution < -0.4 is 31.3 Å². The number of nitrogens with two attached hydrogens (primary N) is 1. The summed E-state index contributed by atoms with van der Waals surface area (Å²) in [5.41, 5.74) is 9.85. The number of nitrogen functional groups attached to an aromatic ring is 1. The van der Waals surface area contributed by atoms with Gasteiger partial charge in [0.15, 0.2) is 11.6 Å². The average Bonchev–Trinajstić information content (AvgIpc) is 4.11. The van der Waals surface area contributed by atoms with Gasteiger partial charge in [-0.25, -0.2) is 23.5 Å². The quantitative estimate of drug-likeness (QED) is 0.0648. The number of ether oxygens (including phenoxy) is 1. The lowest BCUT2D eigenvalue weighted by molar-refractivity contribution is -0.137. The van der Waals surface area contributed by atoms with Crippen LogP contribution in [0.1, 0.15) is 74.6 Å². The number of hydrogen-bond donors (Lipinski definition) is 4. The van der Waals surface area contributed by atoms with E-state index in [1.54, 1.807) is 55.5 Å². The van der Waals surface area contributed by atoms with Gasteiger partial charge in [-0.1, -0.05) is 42.4 Å². The van der Waals surface area contributed by atoms with Gasteiger partial charge in [0.05, 0.1) is 18.7 Å². The van der Waals surface area contributed by atoms with Crippen LogP contribution in [0.4, 0.5) is 30.8 Å². The smallest absolute Gasteiger partial charge is 0.322 e. The molecular formula is C49H46ClF2N9O7. The molecule has 4 aromatic carbocycles. The molecule has 1 saturated carbocycles. The van der Waals surface area contributed by atoms with Crippen LogP contribution in [0, 0.1) is 18.6 Å². The van der Waals surface area contributed by atoms with Gasteiger partial charge in [0.1, 0.15) is 36.3 Å². The van der Waals surface area contributed by atoms with Crippen LogP contribution in [-0.4, -0.2) is 88.1 Å². The molecule has 19 heteroatoms. The van der Waals surface area contributed by atoms with Crippen molar-refractivity contribution < 1.29 is 42.3 Å². The molecule has 3 aliphatic rings. The van der Waals surface area contributed by atoms with E-state index in [4.69, 9.17) is 22.1 Å². The van der Waals surface area contributed by atoms with Crippen LogP contribution in [0.2, 0.25) is 5.02 Å². The summed E-state index contributed by atoms with van der Waals surface area (Å²) >= 11 is 6.31. The predicted molar refractivity (Wildman–Crippen MR) is 249 cm³/mol. The summed E-state index contributed by atoms with van der Waals surface area (Å²) in [7, 11) is 1.51. The molecule has 3 heterocycles. The number of rotatable bonds is 15. The molecule has 2 aliphatic heterocycles. The van der Waals surface area contributed by atoms with E-state index in [9.17, 15) is 33.2 Å². The van der Waals surface area contributed by atoms with E-state index in [2.05, 4.69) is 32.5 Å². The van der Waals surface area contributed by atoms with Gasteiger partial charge in [-0.15, -0.1) is 0 Å². The van der Waals surface area contributed by atoms with Crippen molar-refractivity contribution in [2.24, 2.45) is 0 Å². The Bertz CT molecular complexity index is 2910. The number of likely N-dealkylation sites (N-methyl/N-ethyl adjacent to an activating group) is 1. The van der Waals surface area contributed by atoms with Gasteiger partial charge in [-0.3, -0.25) is 34.2 Å². The van der Waals surface area contributed by atoms with Crippen molar-refractivity contribution in [3.05, 3.63) is 141 Å². The van der Waals surface area contributed by atoms with Crippen LogP contribution in [0.25, 0.3) is 11.3 Å². The lowest BCUT2D eigenvalue weighted by atomic mass is 10.0. The number of carbonyl (C=O) groups is 6. The maximum Gasteiger partial charge on any atom is 0.322 e. The maximum atomic E-state index is 15.2. The summed E-state index contributed by atoms with van der Waals surface area (Å²) < 4.78 is 36.2. The first-order chi connectivity index (χ1) is 32.6. The molecule has 1 atom stereocenters. The molecule has 1 aromatic heterocycles. The minimum Gasteiger partial charge on any atom is -0.486 e. The molecule has 0 radical (unpaired) electrons. The number of amides is 7. The normalized spacial score (nSPS) is 15.3. The number of piperidine rings is 1. The molecule has 5 N–H and O–H groups in total. The number of fused-ring (bicyclic) bond motifs is 1. The molecule has 5 aromatic rings. The fourth-order valence-corrected chi connectivity index (χ4v) is 8.39. The Morgan fingerprint density at radius 2 is 1.79 bits per heavy atom. The van der Waals surface area contributed by atoms with E-state index in [0.717, 1.165) is 24.5 Å². The first-order valence-corrected chi connectivity index (χ1v) is 22.1. The number of anilines is 3. The van der Waals surface area contributed by atoms with Gasteiger partial charge in [-0.05, 0) is 103 Å². The molecule has 16 nitrogen and oxygen atoms in total. The van der Waals surface area contributed by atoms with Crippen LogP contribution in [0.5, 0.6) is 5.75 Å². The van der Waals surface area contributed by atoms with Gasteiger partial charge >= 0.3 is 6.03 Å². The maximum absolute atomic E-state index is 15.2. The zero-order chi connectivity index (χ0) is 48.4. The van der Waals surface area contributed by atoms with Crippen molar-refractivity contribution >= 4 is 64.4 Å². The van der Waals surface area contributed by atoms with E-state index in [0.29, 0.717) is 38.9 Å². The topological polar surface area (TPSA) is 209 Å². The summed E-state index contributed by atoms with van der Waals surface area (Å²) in [5.74, 6) is -3.68. The number of hydrogen-bond acceptors (Lipinski definition) is 10. The molecular weight excluding hydrogens is 900 g/mol. The minimum absolute atomic E-state index is 0.00860. The van der Waals surface area contributed by atoms with E-state index in [-0.39, 0.29) is 97.1 Å². The molecule has 1 unspecified atom stereocenters. The first-order valence-electron chi connectivity index (χ1n) is 21.7. The van der Waals surface area contributed by atoms with Crippen molar-refractivity contribution in [1.29, 1.82) is 0 Å². The van der Waals surface area contributed by atoms with Gasteiger partial charge in [0, 0.05) is 59.7 Å². The number of halogens is 3. The van der Waals surface area contributed by atoms with Crippen molar-refractivity contribution in [3.63, 3.8) is 0 Å². The Morgan fingerprint density at radius 1 is 1.00 bits per heavy atom. The highest BCUT2D eigenvalue weighted by atomic mass is 35.5. The number of urea groups is 1. The largest absolute Gasteiger partial charge is 0.486 e. The first kappa shape index (κ1) is 46.8. The van der Waals surface area contributed by atoms with Crippen molar-refractivity contribution in [2.75, 3.05) is 42.7 Å². The second-order valence-corrected chi connectivity index (χ2v) is 17.3. The molecule has 68 heavy (non-hydrogen) atoms. The minimum atomic E-state index is -0.765. The fraction of sp³-hybridized carbons (Fsp3) is 0.265. The third kappa shape index (κ3) is 10.1. The van der Waals surface area contributed by atoms with Crippen LogP contribution in [0.15, 0.2) is 91.3 Å². The number of nitrogens with one attached hydrogen (secondary N) is 3. The Balaban J connectivity index is 0.901. The standard InChI is InChI=1S/C49H46ClF2N9O7/c1-26(23-60(34-6-4-5-32(50)19-34)49(67)54-22-28-7-11-35-31(17-28)24-61(48(35)66)40-13-14-41(62)58-46(40)64)47(65)59(3)15-16-68-43-42(55-25-56-44(43)53)37-20-33(51)21-39(27(37)2)57-45(63)36-12-10-30(18-38(36)52)29-8-9-29/h4-7,10-12,17-21,25,29,40H,1,8-9,13-16,22-24H2,2-3H3,(H,54,67)(H,57,63)(H2,53,55,56)(H,58,62,64). The molecule has 0 bridgehead atoms. The summed E-state index contributed by atoms with van der Waals surface area (Å²) in [4.78, 5) is 90.6. The summed E-state index contributed by atoms with van der Waals surface area (Å²) in [5, 5.41) is 8.12. The summed E-state index contributed by atoms with van der Waals surface area (Å²) in [6.45, 7) is 5.44. The molecule has 1 saturated heterocycles. The number of imide groups is 1. The fourth-order valence-electron chi connectivity index (χ4n) is 8.20. The number of benzene rings is 4. The summed E-state index contributed by atoms with van der Waals surface area (Å²) in [6, 6.07) is 17.1. The highest BCUT2D eigenvalue weighted by molar-refractivity contribution is 6.31. The van der Waals surface area contributed by atoms with Gasteiger partial charge in [-0.2, -0.15) is 0 Å². The van der Waals surface area contributed by atoms with Crippen LogP contribution >= 0.6 is 11.6 Å². The zero-order valence-corrected chi connectivity index (χ0v) is 37.8. The molecule has 350 valence electrons. The highest BCUT2D eigenvalue weighted by Gasteiger charge is 2.39. The number of nitrogens with zero attached hydrogens (tertiary/aromatic N) is 5. The van der Waals surface area contributed by atoms with E-state index < -0.39 is 41.4 Å². The van der Waals surface area contributed by atoms with Crippen LogP contribution in [0.3, 0.4) is 0 Å². The number of carbonyl (C=O) groups excluding carboxylic acids is 6. The Labute approximate surface area is 394 Å². The molecule has 8 rings (SSSR count). The van der Waals surface area contributed by atoms with E-state index in [1.807, 2.05) is 0 Å². The van der Waals surface area contributed by atoms with Crippen molar-refractivity contribution in [3.8, 4) is 17.0 Å². The monoisotopic (exact) mass is 945 g/mol. The Hall–Kier alpha value is -7.73. The lowest BCUT2D eigenvalue weighted by Crippen LogP contribution is -2.52. The molecule has 0 spiro atoms. The van der Waals surface area contributed by atoms with Crippen molar-refractivity contribution in [2.45, 2.75) is 57.7 Å². The van der Waals surface area contributed by atoms with E-state index >= 15 is 4.39 Å². The Kier molecular flexibility index (Phi) is 13.5. The Morgan fingerprint density at radius 3 is 2.53 bits per heavy atom. The highest BCUT2D eigenvalue weighted by Crippen LogP contribution is 2.41. The molecule has 2 fully saturated rings. The number of aromatic nitrogens is 2. The molecule has 7 amide bonds. The average molecular weight is 946 g/mol. The van der Waals surface area contributed by atoms with Crippen molar-refractivity contribution in [1.82, 2.24) is 30.4 Å². The molecule has 1 aliphatic carbocycles. The second-order valence-electron chi connectivity index (χ2n) is 16.8. The zero-order valence-electron chi connectivity index (χ0n) is 37.0. The third-order valence-electron chi connectivity index (χ3n) is 12.1. The third-order valence-corrected chi connectivity index (χ3v) is 12.3. The van der Waals surface area contributed by atoms with Gasteiger partial charge < -0.3 is 30.9 Å². The lowest BCUT2D eigenvalue weighted by Gasteiger charge is -2.29. The summed E-state index contributed by atoms with van der Waals surface area (Å²) in [6.07, 6.45) is 3.48.